The lowest BCUT2D eigenvalue weighted by atomic mass is 9.87. The molecule has 0 aliphatic carbocycles. The summed E-state index contributed by atoms with van der Waals surface area (Å²) in [4.78, 5) is 4.25. The van der Waals surface area contributed by atoms with Gasteiger partial charge in [0.2, 0.25) is 0 Å². The van der Waals surface area contributed by atoms with E-state index in [0.29, 0.717) is 6.04 Å². The third-order valence-electron chi connectivity index (χ3n) is 3.48. The minimum absolute atomic E-state index is 0.556. The van der Waals surface area contributed by atoms with Gasteiger partial charge in [-0.15, -0.1) is 0 Å². The summed E-state index contributed by atoms with van der Waals surface area (Å²) in [5.74, 6) is 0.768. The van der Waals surface area contributed by atoms with Gasteiger partial charge in [-0.1, -0.05) is 26.7 Å². The van der Waals surface area contributed by atoms with Gasteiger partial charge in [0.05, 0.1) is 0 Å². The Morgan fingerprint density at radius 3 is 2.39 bits per heavy atom. The first-order valence-electron chi connectivity index (χ1n) is 6.97. The molecule has 1 heterocycles. The van der Waals surface area contributed by atoms with E-state index in [9.17, 15) is 0 Å². The lowest BCUT2D eigenvalue weighted by molar-refractivity contribution is 0.322. The van der Waals surface area contributed by atoms with Crippen LogP contribution in [0.25, 0.3) is 0 Å². The van der Waals surface area contributed by atoms with Crippen LogP contribution in [0.5, 0.6) is 0 Å². The van der Waals surface area contributed by atoms with Crippen LogP contribution in [-0.2, 0) is 6.42 Å². The number of aromatic nitrogens is 1. The summed E-state index contributed by atoms with van der Waals surface area (Å²) in [6.07, 6.45) is 10.0. The van der Waals surface area contributed by atoms with Crippen molar-refractivity contribution in [3.05, 3.63) is 28.5 Å². The van der Waals surface area contributed by atoms with Crippen molar-refractivity contribution in [2.75, 3.05) is 7.05 Å². The Hall–Kier alpha value is -0.410. The molecule has 1 unspecified atom stereocenters. The smallest absolute Gasteiger partial charge is 0.0410 e. The van der Waals surface area contributed by atoms with Crippen molar-refractivity contribution in [2.45, 2.75) is 52.0 Å². The van der Waals surface area contributed by atoms with Crippen LogP contribution < -0.4 is 5.32 Å². The Balaban J connectivity index is 2.69. The van der Waals surface area contributed by atoms with Crippen LogP contribution in [0.2, 0.25) is 0 Å². The molecule has 2 nitrogen and oxygen atoms in total. The van der Waals surface area contributed by atoms with E-state index in [4.69, 9.17) is 0 Å². The maximum atomic E-state index is 4.25. The number of hydrogen-bond acceptors (Lipinski definition) is 2. The second-order valence-electron chi connectivity index (χ2n) is 4.95. The molecule has 0 saturated carbocycles. The topological polar surface area (TPSA) is 24.9 Å². The predicted octanol–water partition coefficient (Wildman–Crippen LogP) is 4.19. The summed E-state index contributed by atoms with van der Waals surface area (Å²) in [7, 11) is 2.08. The zero-order valence-corrected chi connectivity index (χ0v) is 13.3. The first-order chi connectivity index (χ1) is 8.71. The Labute approximate surface area is 120 Å². The van der Waals surface area contributed by atoms with Crippen LogP contribution in [-0.4, -0.2) is 18.1 Å². The molecule has 0 aliphatic heterocycles. The molecule has 102 valence electrons. The molecule has 1 rings (SSSR count). The largest absolute Gasteiger partial charge is 0.316 e. The summed E-state index contributed by atoms with van der Waals surface area (Å²) < 4.78 is 1.07. The third-order valence-corrected chi connectivity index (χ3v) is 3.91. The maximum Gasteiger partial charge on any atom is 0.0410 e. The van der Waals surface area contributed by atoms with Gasteiger partial charge >= 0.3 is 0 Å². The second kappa shape index (κ2) is 8.65. The molecule has 0 bridgehead atoms. The zero-order chi connectivity index (χ0) is 13.4. The fraction of sp³-hybridized carbons (Fsp3) is 0.667. The van der Waals surface area contributed by atoms with Crippen LogP contribution in [0.1, 0.15) is 45.1 Å². The van der Waals surface area contributed by atoms with Gasteiger partial charge in [-0.3, -0.25) is 4.98 Å². The number of hydrogen-bond donors (Lipinski definition) is 1. The molecular weight excluding hydrogens is 288 g/mol. The zero-order valence-electron chi connectivity index (χ0n) is 11.7. The highest BCUT2D eigenvalue weighted by molar-refractivity contribution is 9.10. The molecule has 1 aromatic heterocycles. The van der Waals surface area contributed by atoms with E-state index < -0.39 is 0 Å². The van der Waals surface area contributed by atoms with Crippen molar-refractivity contribution in [1.29, 1.82) is 0 Å². The van der Waals surface area contributed by atoms with Gasteiger partial charge in [0.25, 0.3) is 0 Å². The minimum Gasteiger partial charge on any atom is -0.316 e. The van der Waals surface area contributed by atoms with Gasteiger partial charge in [-0.05, 0) is 59.8 Å². The standard InChI is InChI=1S/C15H25BrN2/c1-4-6-13(7-5-2)15(17-3)9-12-8-14(16)11-18-10-12/h8,10-11,13,15,17H,4-7,9H2,1-3H3. The lowest BCUT2D eigenvalue weighted by Gasteiger charge is -2.26. The first-order valence-corrected chi connectivity index (χ1v) is 7.77. The highest BCUT2D eigenvalue weighted by Crippen LogP contribution is 2.21. The average molecular weight is 313 g/mol. The molecule has 0 saturated heterocycles. The van der Waals surface area contributed by atoms with Crippen LogP contribution in [0.15, 0.2) is 22.9 Å². The van der Waals surface area contributed by atoms with E-state index in [1.807, 2.05) is 12.4 Å². The fourth-order valence-corrected chi connectivity index (χ4v) is 3.03. The Kier molecular flexibility index (Phi) is 7.52. The molecule has 1 aromatic rings. The van der Waals surface area contributed by atoms with Crippen LogP contribution in [0.3, 0.4) is 0 Å². The Morgan fingerprint density at radius 2 is 1.89 bits per heavy atom. The number of likely N-dealkylation sites (N-methyl/N-ethyl adjacent to an activating group) is 1. The van der Waals surface area contributed by atoms with Crippen molar-refractivity contribution in [3.8, 4) is 0 Å². The molecule has 3 heteroatoms. The number of nitrogens with one attached hydrogen (secondary N) is 1. The van der Waals surface area contributed by atoms with Crippen molar-refractivity contribution in [1.82, 2.24) is 10.3 Å². The molecule has 18 heavy (non-hydrogen) atoms. The monoisotopic (exact) mass is 312 g/mol. The van der Waals surface area contributed by atoms with E-state index in [0.717, 1.165) is 16.8 Å². The quantitative estimate of drug-likeness (QED) is 0.778. The highest BCUT2D eigenvalue weighted by atomic mass is 79.9. The Bertz CT molecular complexity index is 335. The summed E-state index contributed by atoms with van der Waals surface area (Å²) >= 11 is 3.49. The third kappa shape index (κ3) is 5.07. The molecule has 0 aliphatic rings. The molecule has 0 fully saturated rings. The predicted molar refractivity (Wildman–Crippen MR) is 81.8 cm³/mol. The summed E-state index contributed by atoms with van der Waals surface area (Å²) in [6, 6.07) is 2.73. The molecule has 0 radical (unpaired) electrons. The van der Waals surface area contributed by atoms with Gasteiger partial charge in [-0.2, -0.15) is 0 Å². The van der Waals surface area contributed by atoms with E-state index in [1.165, 1.54) is 31.2 Å². The van der Waals surface area contributed by atoms with E-state index >= 15 is 0 Å². The molecule has 0 aromatic carbocycles. The van der Waals surface area contributed by atoms with E-state index in [-0.39, 0.29) is 0 Å². The molecule has 1 N–H and O–H groups in total. The summed E-state index contributed by atoms with van der Waals surface area (Å²) in [5, 5.41) is 3.50. The van der Waals surface area contributed by atoms with E-state index in [2.05, 4.69) is 53.2 Å². The number of halogens is 1. The summed E-state index contributed by atoms with van der Waals surface area (Å²) in [6.45, 7) is 4.55. The van der Waals surface area contributed by atoms with Gasteiger partial charge in [-0.25, -0.2) is 0 Å². The molecular formula is C15H25BrN2. The number of pyridine rings is 1. The van der Waals surface area contributed by atoms with Crippen LogP contribution >= 0.6 is 15.9 Å². The van der Waals surface area contributed by atoms with Gasteiger partial charge < -0.3 is 5.32 Å². The first kappa shape index (κ1) is 15.6. The Morgan fingerprint density at radius 1 is 1.22 bits per heavy atom. The average Bonchev–Trinajstić information content (AvgIpc) is 2.36. The van der Waals surface area contributed by atoms with Crippen LogP contribution in [0, 0.1) is 5.92 Å². The van der Waals surface area contributed by atoms with Gasteiger partial charge in [0.15, 0.2) is 0 Å². The maximum absolute atomic E-state index is 4.25. The van der Waals surface area contributed by atoms with Crippen molar-refractivity contribution < 1.29 is 0 Å². The minimum atomic E-state index is 0.556. The number of rotatable bonds is 8. The van der Waals surface area contributed by atoms with E-state index in [1.54, 1.807) is 0 Å². The van der Waals surface area contributed by atoms with Gasteiger partial charge in [0.1, 0.15) is 0 Å². The van der Waals surface area contributed by atoms with Gasteiger partial charge in [0, 0.05) is 22.9 Å². The van der Waals surface area contributed by atoms with Crippen molar-refractivity contribution in [2.24, 2.45) is 5.92 Å². The SMILES string of the molecule is CCCC(CCC)C(Cc1cncc(Br)c1)NC. The molecule has 0 spiro atoms. The number of nitrogens with zero attached hydrogens (tertiary/aromatic N) is 1. The fourth-order valence-electron chi connectivity index (χ4n) is 2.61. The lowest BCUT2D eigenvalue weighted by Crippen LogP contribution is -2.35. The summed E-state index contributed by atoms with van der Waals surface area (Å²) in [5.41, 5.74) is 1.31. The molecule has 0 amide bonds. The van der Waals surface area contributed by atoms with Crippen molar-refractivity contribution >= 4 is 15.9 Å². The van der Waals surface area contributed by atoms with Crippen molar-refractivity contribution in [3.63, 3.8) is 0 Å². The molecule has 1 atom stereocenters. The normalized spacial score (nSPS) is 12.9. The second-order valence-corrected chi connectivity index (χ2v) is 5.86. The highest BCUT2D eigenvalue weighted by Gasteiger charge is 2.19. The van der Waals surface area contributed by atoms with Crippen LogP contribution in [0.4, 0.5) is 0 Å².